The second-order valence-electron chi connectivity index (χ2n) is 5.57. The van der Waals surface area contributed by atoms with Gasteiger partial charge in [0, 0.05) is 30.4 Å². The van der Waals surface area contributed by atoms with Gasteiger partial charge in [0.1, 0.15) is 5.02 Å². The van der Waals surface area contributed by atoms with E-state index < -0.39 is 4.92 Å². The van der Waals surface area contributed by atoms with Crippen molar-refractivity contribution in [2.45, 2.75) is 38.8 Å². The first-order chi connectivity index (χ1) is 9.38. The molecule has 20 heavy (non-hydrogen) atoms. The first-order valence-corrected chi connectivity index (χ1v) is 7.17. The number of rotatable bonds is 3. The van der Waals surface area contributed by atoms with Crippen LogP contribution in [0.2, 0.25) is 5.02 Å². The third kappa shape index (κ3) is 3.22. The van der Waals surface area contributed by atoms with Crippen molar-refractivity contribution in [3.05, 3.63) is 32.8 Å². The lowest BCUT2D eigenvalue weighted by atomic mass is 9.98. The fourth-order valence-corrected chi connectivity index (χ4v) is 2.83. The number of hydrogen-bond acceptors (Lipinski definition) is 4. The van der Waals surface area contributed by atoms with E-state index in [0.717, 1.165) is 30.6 Å². The molecule has 1 aromatic rings. The lowest BCUT2D eigenvalue weighted by molar-refractivity contribution is -0.384. The Morgan fingerprint density at radius 2 is 2.20 bits per heavy atom. The number of halogens is 1. The molecule has 6 heteroatoms. The molecule has 0 bridgehead atoms. The average Bonchev–Trinajstić information content (AvgIpc) is 2.37. The van der Waals surface area contributed by atoms with Crippen LogP contribution in [0.15, 0.2) is 12.1 Å². The van der Waals surface area contributed by atoms with Gasteiger partial charge < -0.3 is 10.2 Å². The van der Waals surface area contributed by atoms with E-state index in [-0.39, 0.29) is 10.7 Å². The molecule has 1 aromatic carbocycles. The SMILES string of the molecule is Cc1cc([N+](=O)[O-])c(Cl)cc1NC1CCN(C)C(C)C1. The number of anilines is 1. The summed E-state index contributed by atoms with van der Waals surface area (Å²) in [4.78, 5) is 12.7. The van der Waals surface area contributed by atoms with E-state index in [1.807, 2.05) is 6.92 Å². The summed E-state index contributed by atoms with van der Waals surface area (Å²) >= 11 is 5.98. The van der Waals surface area contributed by atoms with Crippen LogP contribution in [0.1, 0.15) is 25.3 Å². The Morgan fingerprint density at radius 1 is 1.50 bits per heavy atom. The van der Waals surface area contributed by atoms with Crippen molar-refractivity contribution in [1.82, 2.24) is 4.90 Å². The Morgan fingerprint density at radius 3 is 2.80 bits per heavy atom. The van der Waals surface area contributed by atoms with Crippen LogP contribution >= 0.6 is 11.6 Å². The Bertz CT molecular complexity index is 521. The van der Waals surface area contributed by atoms with Crippen LogP contribution in [0, 0.1) is 17.0 Å². The van der Waals surface area contributed by atoms with Crippen molar-refractivity contribution in [2.75, 3.05) is 18.9 Å². The summed E-state index contributed by atoms with van der Waals surface area (Å²) in [7, 11) is 2.13. The van der Waals surface area contributed by atoms with Crippen molar-refractivity contribution in [1.29, 1.82) is 0 Å². The highest BCUT2D eigenvalue weighted by molar-refractivity contribution is 6.33. The molecule has 0 aromatic heterocycles. The van der Waals surface area contributed by atoms with Gasteiger partial charge in [0.25, 0.3) is 5.69 Å². The maximum Gasteiger partial charge on any atom is 0.288 e. The first kappa shape index (κ1) is 15.1. The van der Waals surface area contributed by atoms with Gasteiger partial charge in [0.05, 0.1) is 4.92 Å². The Kier molecular flexibility index (Phi) is 4.50. The third-order valence-electron chi connectivity index (χ3n) is 4.06. The summed E-state index contributed by atoms with van der Waals surface area (Å²) in [5, 5.41) is 14.5. The highest BCUT2D eigenvalue weighted by atomic mass is 35.5. The maximum atomic E-state index is 10.8. The van der Waals surface area contributed by atoms with Crippen LogP contribution < -0.4 is 5.32 Å². The molecule has 2 rings (SSSR count). The minimum Gasteiger partial charge on any atom is -0.382 e. The predicted octanol–water partition coefficient (Wildman–Crippen LogP) is 3.45. The van der Waals surface area contributed by atoms with Crippen LogP contribution in [0.5, 0.6) is 0 Å². The molecule has 110 valence electrons. The molecule has 1 aliphatic rings. The summed E-state index contributed by atoms with van der Waals surface area (Å²) in [5.41, 5.74) is 1.71. The van der Waals surface area contributed by atoms with Crippen molar-refractivity contribution >= 4 is 23.0 Å². The van der Waals surface area contributed by atoms with Gasteiger partial charge in [-0.15, -0.1) is 0 Å². The minimum absolute atomic E-state index is 0.0357. The highest BCUT2D eigenvalue weighted by Crippen LogP contribution is 2.31. The van der Waals surface area contributed by atoms with Crippen molar-refractivity contribution in [3.63, 3.8) is 0 Å². The Labute approximate surface area is 124 Å². The lowest BCUT2D eigenvalue weighted by Crippen LogP contribution is -2.42. The quantitative estimate of drug-likeness (QED) is 0.686. The standard InChI is InChI=1S/C14H20ClN3O2/c1-9-6-14(18(19)20)12(15)8-13(9)16-11-4-5-17(3)10(2)7-11/h6,8,10-11,16H,4-5,7H2,1-3H3. The average molecular weight is 298 g/mol. The Hall–Kier alpha value is -1.33. The zero-order valence-corrected chi connectivity index (χ0v) is 12.8. The third-order valence-corrected chi connectivity index (χ3v) is 4.36. The van der Waals surface area contributed by atoms with E-state index in [4.69, 9.17) is 11.6 Å². The number of nitro benzene ring substituents is 1. The second-order valence-corrected chi connectivity index (χ2v) is 5.98. The number of nitrogens with zero attached hydrogens (tertiary/aromatic N) is 2. The molecule has 0 saturated carbocycles. The van der Waals surface area contributed by atoms with E-state index in [2.05, 4.69) is 24.2 Å². The van der Waals surface area contributed by atoms with Gasteiger partial charge in [-0.05, 0) is 45.4 Å². The molecular formula is C14H20ClN3O2. The maximum absolute atomic E-state index is 10.8. The topological polar surface area (TPSA) is 58.4 Å². The summed E-state index contributed by atoms with van der Waals surface area (Å²) < 4.78 is 0. The molecule has 2 unspecified atom stereocenters. The van der Waals surface area contributed by atoms with E-state index in [9.17, 15) is 10.1 Å². The van der Waals surface area contributed by atoms with E-state index in [0.29, 0.717) is 12.1 Å². The first-order valence-electron chi connectivity index (χ1n) is 6.79. The summed E-state index contributed by atoms with van der Waals surface area (Å²) in [6, 6.07) is 4.12. The van der Waals surface area contributed by atoms with E-state index in [1.165, 1.54) is 6.07 Å². The fraction of sp³-hybridized carbons (Fsp3) is 0.571. The second kappa shape index (κ2) is 5.97. The number of hydrogen-bond donors (Lipinski definition) is 1. The predicted molar refractivity (Wildman–Crippen MR) is 81.6 cm³/mol. The van der Waals surface area contributed by atoms with Gasteiger partial charge in [-0.2, -0.15) is 0 Å². The monoisotopic (exact) mass is 297 g/mol. The Balaban J connectivity index is 2.14. The van der Waals surface area contributed by atoms with Crippen LogP contribution in [0.4, 0.5) is 11.4 Å². The molecule has 1 N–H and O–H groups in total. The molecule has 0 amide bonds. The molecule has 1 heterocycles. The van der Waals surface area contributed by atoms with Gasteiger partial charge >= 0.3 is 0 Å². The number of aryl methyl sites for hydroxylation is 1. The summed E-state index contributed by atoms with van der Waals surface area (Å²) in [6.07, 6.45) is 2.12. The number of likely N-dealkylation sites (tertiary alicyclic amines) is 1. The fourth-order valence-electron chi connectivity index (χ4n) is 2.60. The molecule has 0 aliphatic carbocycles. The molecule has 0 radical (unpaired) electrons. The van der Waals surface area contributed by atoms with Gasteiger partial charge in [-0.25, -0.2) is 0 Å². The summed E-state index contributed by atoms with van der Waals surface area (Å²) in [5.74, 6) is 0. The van der Waals surface area contributed by atoms with Gasteiger partial charge in [0.2, 0.25) is 0 Å². The van der Waals surface area contributed by atoms with Crippen LogP contribution in [0.25, 0.3) is 0 Å². The van der Waals surface area contributed by atoms with Crippen molar-refractivity contribution < 1.29 is 4.92 Å². The van der Waals surface area contributed by atoms with Crippen LogP contribution in [-0.2, 0) is 0 Å². The van der Waals surface area contributed by atoms with Gasteiger partial charge in [0.15, 0.2) is 0 Å². The lowest BCUT2D eigenvalue weighted by Gasteiger charge is -2.36. The normalized spacial score (nSPS) is 23.6. The zero-order chi connectivity index (χ0) is 14.9. The molecule has 1 saturated heterocycles. The number of benzene rings is 1. The molecule has 2 atom stereocenters. The largest absolute Gasteiger partial charge is 0.382 e. The molecule has 5 nitrogen and oxygen atoms in total. The number of nitro groups is 1. The molecule has 1 fully saturated rings. The molecule has 1 aliphatic heterocycles. The van der Waals surface area contributed by atoms with E-state index in [1.54, 1.807) is 6.07 Å². The number of piperidine rings is 1. The minimum atomic E-state index is -0.448. The van der Waals surface area contributed by atoms with Gasteiger partial charge in [-0.3, -0.25) is 10.1 Å². The van der Waals surface area contributed by atoms with Crippen LogP contribution in [-0.4, -0.2) is 35.5 Å². The van der Waals surface area contributed by atoms with Crippen LogP contribution in [0.3, 0.4) is 0 Å². The summed E-state index contributed by atoms with van der Waals surface area (Å²) in [6.45, 7) is 5.13. The molecular weight excluding hydrogens is 278 g/mol. The zero-order valence-electron chi connectivity index (χ0n) is 12.0. The molecule has 0 spiro atoms. The smallest absolute Gasteiger partial charge is 0.288 e. The number of nitrogens with one attached hydrogen (secondary N) is 1. The van der Waals surface area contributed by atoms with Gasteiger partial charge in [-0.1, -0.05) is 11.6 Å². The highest BCUT2D eigenvalue weighted by Gasteiger charge is 2.23. The van der Waals surface area contributed by atoms with Crippen molar-refractivity contribution in [3.8, 4) is 0 Å². The van der Waals surface area contributed by atoms with E-state index >= 15 is 0 Å². The van der Waals surface area contributed by atoms with Crippen molar-refractivity contribution in [2.24, 2.45) is 0 Å².